The number of benzene rings is 2. The van der Waals surface area contributed by atoms with E-state index >= 15 is 0 Å². The smallest absolute Gasteiger partial charge is 0.257 e. The van der Waals surface area contributed by atoms with Gasteiger partial charge in [-0.3, -0.25) is 14.9 Å². The van der Waals surface area contributed by atoms with Crippen molar-refractivity contribution in [3.05, 3.63) is 52.5 Å². The SMILES string of the molecule is CCOc1cc(C(=O)Nc2nnc(CCNC(=O)c3cccc(OC)c3)s2)cc(OCC)c1OCC. The molecular formula is C25H30N4O6S. The summed E-state index contributed by atoms with van der Waals surface area (Å²) in [6, 6.07) is 10.1. The van der Waals surface area contributed by atoms with Crippen LogP contribution in [0.15, 0.2) is 36.4 Å². The molecule has 1 heterocycles. The molecule has 2 N–H and O–H groups in total. The van der Waals surface area contributed by atoms with Crippen LogP contribution in [0.3, 0.4) is 0 Å². The molecule has 0 fully saturated rings. The zero-order chi connectivity index (χ0) is 25.9. The molecular weight excluding hydrogens is 484 g/mol. The normalized spacial score (nSPS) is 10.4. The number of ether oxygens (including phenoxy) is 4. The highest BCUT2D eigenvalue weighted by Gasteiger charge is 2.19. The average Bonchev–Trinajstić information content (AvgIpc) is 3.33. The number of hydrogen-bond donors (Lipinski definition) is 2. The van der Waals surface area contributed by atoms with Gasteiger partial charge in [-0.25, -0.2) is 0 Å². The summed E-state index contributed by atoms with van der Waals surface area (Å²) in [6.07, 6.45) is 0.468. The lowest BCUT2D eigenvalue weighted by Crippen LogP contribution is -2.25. The van der Waals surface area contributed by atoms with Gasteiger partial charge in [0.05, 0.1) is 26.9 Å². The van der Waals surface area contributed by atoms with Gasteiger partial charge < -0.3 is 24.3 Å². The second-order valence-corrected chi connectivity index (χ2v) is 8.36. The van der Waals surface area contributed by atoms with E-state index in [0.29, 0.717) is 77.1 Å². The molecule has 0 aliphatic rings. The van der Waals surface area contributed by atoms with Crippen molar-refractivity contribution in [1.82, 2.24) is 15.5 Å². The van der Waals surface area contributed by atoms with Crippen LogP contribution < -0.4 is 29.6 Å². The van der Waals surface area contributed by atoms with Gasteiger partial charge in [0.15, 0.2) is 11.5 Å². The Morgan fingerprint density at radius 1 is 0.889 bits per heavy atom. The molecule has 0 unspecified atom stereocenters. The number of carbonyl (C=O) groups is 2. The third-order valence-electron chi connectivity index (χ3n) is 4.81. The molecule has 2 amide bonds. The molecule has 3 rings (SSSR count). The van der Waals surface area contributed by atoms with Gasteiger partial charge in [-0.1, -0.05) is 17.4 Å². The van der Waals surface area contributed by atoms with Gasteiger partial charge in [0, 0.05) is 24.1 Å². The minimum atomic E-state index is -0.381. The molecule has 0 spiro atoms. The van der Waals surface area contributed by atoms with Crippen LogP contribution in [0.1, 0.15) is 46.5 Å². The Labute approximate surface area is 213 Å². The fourth-order valence-electron chi connectivity index (χ4n) is 3.24. The van der Waals surface area contributed by atoms with Crippen molar-refractivity contribution in [2.75, 3.05) is 38.8 Å². The van der Waals surface area contributed by atoms with Crippen LogP contribution in [0, 0.1) is 0 Å². The van der Waals surface area contributed by atoms with Gasteiger partial charge in [0.25, 0.3) is 11.8 Å². The van der Waals surface area contributed by atoms with Crippen LogP contribution >= 0.6 is 11.3 Å². The van der Waals surface area contributed by atoms with E-state index in [4.69, 9.17) is 18.9 Å². The minimum Gasteiger partial charge on any atom is -0.497 e. The van der Waals surface area contributed by atoms with Gasteiger partial charge >= 0.3 is 0 Å². The number of carbonyl (C=O) groups excluding carboxylic acids is 2. The summed E-state index contributed by atoms with van der Waals surface area (Å²) >= 11 is 1.24. The molecule has 0 aliphatic carbocycles. The largest absolute Gasteiger partial charge is 0.497 e. The van der Waals surface area contributed by atoms with Gasteiger partial charge in [-0.2, -0.15) is 0 Å². The number of rotatable bonds is 13. The molecule has 11 heteroatoms. The Balaban J connectivity index is 1.62. The van der Waals surface area contributed by atoms with Crippen LogP contribution in [0.25, 0.3) is 0 Å². The molecule has 0 saturated heterocycles. The van der Waals surface area contributed by atoms with Crippen molar-refractivity contribution < 1.29 is 28.5 Å². The van der Waals surface area contributed by atoms with E-state index in [2.05, 4.69) is 20.8 Å². The van der Waals surface area contributed by atoms with Gasteiger partial charge in [0.1, 0.15) is 10.8 Å². The van der Waals surface area contributed by atoms with Crippen LogP contribution in [0.2, 0.25) is 0 Å². The highest BCUT2D eigenvalue weighted by molar-refractivity contribution is 7.15. The highest BCUT2D eigenvalue weighted by Crippen LogP contribution is 2.39. The van der Waals surface area contributed by atoms with Crippen LogP contribution in [-0.4, -0.2) is 55.5 Å². The molecule has 0 bridgehead atoms. The molecule has 0 saturated carbocycles. The van der Waals surface area contributed by atoms with E-state index in [1.54, 1.807) is 43.5 Å². The lowest BCUT2D eigenvalue weighted by atomic mass is 10.1. The topological polar surface area (TPSA) is 121 Å². The fourth-order valence-corrected chi connectivity index (χ4v) is 3.98. The third kappa shape index (κ3) is 7.08. The predicted octanol–water partition coefficient (Wildman–Crippen LogP) is 3.97. The number of amides is 2. The fraction of sp³-hybridized carbons (Fsp3) is 0.360. The molecule has 3 aromatic rings. The summed E-state index contributed by atoms with van der Waals surface area (Å²) in [7, 11) is 1.55. The summed E-state index contributed by atoms with van der Waals surface area (Å²) in [5.41, 5.74) is 0.848. The Morgan fingerprint density at radius 2 is 1.58 bits per heavy atom. The first kappa shape index (κ1) is 26.7. The number of methoxy groups -OCH3 is 1. The monoisotopic (exact) mass is 514 g/mol. The van der Waals surface area contributed by atoms with Crippen molar-refractivity contribution in [3.8, 4) is 23.0 Å². The van der Waals surface area contributed by atoms with Crippen molar-refractivity contribution >= 4 is 28.3 Å². The van der Waals surface area contributed by atoms with Crippen LogP contribution in [-0.2, 0) is 6.42 Å². The maximum atomic E-state index is 12.9. The first-order chi connectivity index (χ1) is 17.5. The number of anilines is 1. The summed E-state index contributed by atoms with van der Waals surface area (Å²) < 4.78 is 22.2. The standard InChI is InChI=1S/C25H30N4O6S/c1-5-33-19-14-17(15-20(34-6-2)22(19)35-7-3)24(31)27-25-29-28-21(36-25)11-12-26-23(30)16-9-8-10-18(13-16)32-4/h8-10,13-15H,5-7,11-12H2,1-4H3,(H,26,30)(H,27,29,31). The number of nitrogens with one attached hydrogen (secondary N) is 2. The molecule has 10 nitrogen and oxygen atoms in total. The second kappa shape index (κ2) is 13.3. The molecule has 2 aromatic carbocycles. The van der Waals surface area contributed by atoms with Gasteiger partial charge in [-0.05, 0) is 51.1 Å². The zero-order valence-electron chi connectivity index (χ0n) is 20.8. The van der Waals surface area contributed by atoms with Crippen LogP contribution in [0.4, 0.5) is 5.13 Å². The highest BCUT2D eigenvalue weighted by atomic mass is 32.1. The van der Waals surface area contributed by atoms with Crippen LogP contribution in [0.5, 0.6) is 23.0 Å². The van der Waals surface area contributed by atoms with E-state index in [0.717, 1.165) is 0 Å². The Hall–Kier alpha value is -3.86. The Kier molecular flexibility index (Phi) is 9.87. The predicted molar refractivity (Wildman–Crippen MR) is 137 cm³/mol. The average molecular weight is 515 g/mol. The quantitative estimate of drug-likeness (QED) is 0.352. The molecule has 0 radical (unpaired) electrons. The lowest BCUT2D eigenvalue weighted by molar-refractivity contribution is 0.0953. The molecule has 192 valence electrons. The Morgan fingerprint density at radius 3 is 2.22 bits per heavy atom. The van der Waals surface area contributed by atoms with Crippen molar-refractivity contribution in [1.29, 1.82) is 0 Å². The number of nitrogens with zero attached hydrogens (tertiary/aromatic N) is 2. The maximum absolute atomic E-state index is 12.9. The number of hydrogen-bond acceptors (Lipinski definition) is 9. The van der Waals surface area contributed by atoms with Crippen molar-refractivity contribution in [3.63, 3.8) is 0 Å². The van der Waals surface area contributed by atoms with E-state index in [9.17, 15) is 9.59 Å². The summed E-state index contributed by atoms with van der Waals surface area (Å²) in [5, 5.41) is 14.8. The van der Waals surface area contributed by atoms with Crippen molar-refractivity contribution in [2.24, 2.45) is 0 Å². The first-order valence-electron chi connectivity index (χ1n) is 11.6. The molecule has 1 aromatic heterocycles. The van der Waals surface area contributed by atoms with Gasteiger partial charge in [0.2, 0.25) is 10.9 Å². The van der Waals surface area contributed by atoms with E-state index in [-0.39, 0.29) is 11.8 Å². The van der Waals surface area contributed by atoms with Gasteiger partial charge in [-0.15, -0.1) is 10.2 Å². The lowest BCUT2D eigenvalue weighted by Gasteiger charge is -2.16. The molecule has 0 aliphatic heterocycles. The number of aromatic nitrogens is 2. The first-order valence-corrected chi connectivity index (χ1v) is 12.4. The second-order valence-electron chi connectivity index (χ2n) is 7.29. The summed E-state index contributed by atoms with van der Waals surface area (Å²) in [5.74, 6) is 1.35. The van der Waals surface area contributed by atoms with E-state index in [1.807, 2.05) is 20.8 Å². The van der Waals surface area contributed by atoms with E-state index < -0.39 is 0 Å². The maximum Gasteiger partial charge on any atom is 0.257 e. The molecule has 36 heavy (non-hydrogen) atoms. The van der Waals surface area contributed by atoms with Crippen molar-refractivity contribution in [2.45, 2.75) is 27.2 Å². The zero-order valence-corrected chi connectivity index (χ0v) is 21.6. The molecule has 0 atom stereocenters. The summed E-state index contributed by atoms with van der Waals surface area (Å²) in [4.78, 5) is 25.3. The third-order valence-corrected chi connectivity index (χ3v) is 5.71. The minimum absolute atomic E-state index is 0.211. The summed E-state index contributed by atoms with van der Waals surface area (Å²) in [6.45, 7) is 7.18. The van der Waals surface area contributed by atoms with E-state index in [1.165, 1.54) is 11.3 Å². The Bertz CT molecular complexity index is 1160.